The molecule has 0 unspecified atom stereocenters. The molecule has 0 aromatic carbocycles. The second-order valence-electron chi connectivity index (χ2n) is 12.7. The molecule has 5 fully saturated rings. The molecule has 0 nitrogen and oxygen atoms in total. The van der Waals surface area contributed by atoms with Crippen LogP contribution in [0, 0.1) is 34.5 Å². The van der Waals surface area contributed by atoms with Gasteiger partial charge in [-0.2, -0.15) is 0 Å². The molecule has 0 saturated heterocycles. The summed E-state index contributed by atoms with van der Waals surface area (Å²) in [5.41, 5.74) is 1.59. The molecule has 5 rings (SSSR count). The highest BCUT2D eigenvalue weighted by Crippen LogP contribution is 2.63. The Bertz CT molecular complexity index is 464. The van der Waals surface area contributed by atoms with E-state index < -0.39 is 0 Å². The van der Waals surface area contributed by atoms with Gasteiger partial charge in [-0.15, -0.1) is 0 Å². The van der Waals surface area contributed by atoms with Crippen LogP contribution < -0.4 is 0 Å². The van der Waals surface area contributed by atoms with Gasteiger partial charge in [0.15, 0.2) is 0 Å². The van der Waals surface area contributed by atoms with E-state index in [0.717, 1.165) is 34.5 Å². The van der Waals surface area contributed by atoms with Crippen molar-refractivity contribution in [1.29, 1.82) is 0 Å². The zero-order valence-corrected chi connectivity index (χ0v) is 20.9. The Labute approximate surface area is 189 Å². The largest absolute Gasteiger partial charge is 0.0654 e. The molecule has 0 aromatic heterocycles. The molecule has 5 aliphatic carbocycles. The number of unbranched alkanes of at least 4 members (excludes halogenated alkanes) is 4. The molecule has 0 heterocycles. The van der Waals surface area contributed by atoms with Crippen molar-refractivity contribution in [1.82, 2.24) is 0 Å². The molecular weight excluding hydrogens is 360 g/mol. The lowest BCUT2D eigenvalue weighted by atomic mass is 9.47. The molecule has 0 atom stereocenters. The van der Waals surface area contributed by atoms with Crippen LogP contribution in [0.5, 0.6) is 0 Å². The van der Waals surface area contributed by atoms with Crippen molar-refractivity contribution in [2.24, 2.45) is 34.5 Å². The fourth-order valence-electron chi connectivity index (χ4n) is 8.85. The van der Waals surface area contributed by atoms with E-state index in [9.17, 15) is 0 Å². The molecular formula is C30H54. The summed E-state index contributed by atoms with van der Waals surface area (Å²) in [5, 5.41) is 0. The summed E-state index contributed by atoms with van der Waals surface area (Å²) >= 11 is 0. The summed E-state index contributed by atoms with van der Waals surface area (Å²) < 4.78 is 0. The Morgan fingerprint density at radius 1 is 0.567 bits per heavy atom. The summed E-state index contributed by atoms with van der Waals surface area (Å²) in [6, 6.07) is 0. The van der Waals surface area contributed by atoms with Gasteiger partial charge in [-0.05, 0) is 118 Å². The number of rotatable bonds is 10. The van der Waals surface area contributed by atoms with E-state index in [2.05, 4.69) is 13.8 Å². The summed E-state index contributed by atoms with van der Waals surface area (Å²) in [6.45, 7) is 4.71. The van der Waals surface area contributed by atoms with Gasteiger partial charge in [0.1, 0.15) is 0 Å². The SMILES string of the molecule is CCCCCCC12CCC([C@H]3CC[C@H]([C@H]4CC[C@H](CCCC)CC4)CC3)(CC1)CC2. The zero-order valence-electron chi connectivity index (χ0n) is 20.9. The normalized spacial score (nSPS) is 41.8. The third kappa shape index (κ3) is 5.31. The van der Waals surface area contributed by atoms with Crippen LogP contribution in [0.3, 0.4) is 0 Å². The quantitative estimate of drug-likeness (QED) is 0.312. The molecule has 2 bridgehead atoms. The summed E-state index contributed by atoms with van der Waals surface area (Å²) in [7, 11) is 0. The number of hydrogen-bond donors (Lipinski definition) is 0. The Balaban J connectivity index is 1.19. The van der Waals surface area contributed by atoms with Crippen molar-refractivity contribution in [3.8, 4) is 0 Å². The average Bonchev–Trinajstić information content (AvgIpc) is 2.82. The van der Waals surface area contributed by atoms with E-state index >= 15 is 0 Å². The van der Waals surface area contributed by atoms with Crippen molar-refractivity contribution < 1.29 is 0 Å². The fourth-order valence-corrected chi connectivity index (χ4v) is 8.85. The van der Waals surface area contributed by atoms with Crippen LogP contribution in [0.4, 0.5) is 0 Å². The lowest BCUT2D eigenvalue weighted by Crippen LogP contribution is -2.46. The van der Waals surface area contributed by atoms with Gasteiger partial charge in [0.05, 0.1) is 0 Å². The van der Waals surface area contributed by atoms with E-state index in [1.165, 1.54) is 44.9 Å². The Kier molecular flexibility index (Phi) is 8.30. The van der Waals surface area contributed by atoms with Gasteiger partial charge in [0.25, 0.3) is 0 Å². The minimum absolute atomic E-state index is 0.795. The summed E-state index contributed by atoms with van der Waals surface area (Å²) in [4.78, 5) is 0. The third-order valence-corrected chi connectivity index (χ3v) is 11.2. The summed E-state index contributed by atoms with van der Waals surface area (Å²) in [6.07, 6.45) is 34.1. The van der Waals surface area contributed by atoms with Crippen molar-refractivity contribution in [2.45, 2.75) is 155 Å². The molecule has 30 heavy (non-hydrogen) atoms. The molecule has 0 spiro atoms. The van der Waals surface area contributed by atoms with Crippen molar-refractivity contribution in [2.75, 3.05) is 0 Å². The minimum atomic E-state index is 0.795. The maximum atomic E-state index is 2.36. The number of fused-ring (bicyclic) bond motifs is 3. The average molecular weight is 415 g/mol. The van der Waals surface area contributed by atoms with Crippen molar-refractivity contribution >= 4 is 0 Å². The van der Waals surface area contributed by atoms with Gasteiger partial charge < -0.3 is 0 Å². The molecule has 174 valence electrons. The highest BCUT2D eigenvalue weighted by molar-refractivity contribution is 5.03. The first-order valence-electron chi connectivity index (χ1n) is 14.7. The van der Waals surface area contributed by atoms with E-state index in [0.29, 0.717) is 0 Å². The molecule has 0 amide bonds. The van der Waals surface area contributed by atoms with Crippen LogP contribution in [0.2, 0.25) is 0 Å². The van der Waals surface area contributed by atoms with Crippen LogP contribution in [0.15, 0.2) is 0 Å². The number of hydrogen-bond acceptors (Lipinski definition) is 0. The maximum Gasteiger partial charge on any atom is -0.0269 e. The molecule has 0 radical (unpaired) electrons. The molecule has 0 aromatic rings. The van der Waals surface area contributed by atoms with Gasteiger partial charge >= 0.3 is 0 Å². The standard InChI is InChI=1S/C30H54/c1-3-5-7-8-18-29-19-22-30(23-20-29,24-21-29)28-16-14-27(15-17-28)26-12-10-25(11-13-26)9-6-4-2/h25-28H,3-24H2,1-2H3/t25-,26-,27-,28-,29?,30?. The Morgan fingerprint density at radius 3 is 1.70 bits per heavy atom. The fraction of sp³-hybridized carbons (Fsp3) is 1.00. The predicted octanol–water partition coefficient (Wildman–Crippen LogP) is 10.1. The first kappa shape index (κ1) is 23.2. The van der Waals surface area contributed by atoms with E-state index in [1.807, 2.05) is 0 Å². The molecule has 5 aliphatic rings. The highest BCUT2D eigenvalue weighted by atomic mass is 14.6. The van der Waals surface area contributed by atoms with Crippen LogP contribution in [-0.4, -0.2) is 0 Å². The second-order valence-corrected chi connectivity index (χ2v) is 12.7. The van der Waals surface area contributed by atoms with Crippen molar-refractivity contribution in [3.05, 3.63) is 0 Å². The topological polar surface area (TPSA) is 0 Å². The first-order chi connectivity index (χ1) is 14.7. The molecule has 0 heteroatoms. The van der Waals surface area contributed by atoms with E-state index in [1.54, 1.807) is 96.3 Å². The first-order valence-corrected chi connectivity index (χ1v) is 14.7. The zero-order chi connectivity index (χ0) is 20.9. The minimum Gasteiger partial charge on any atom is -0.0654 e. The lowest BCUT2D eigenvalue weighted by molar-refractivity contribution is -0.0680. The van der Waals surface area contributed by atoms with E-state index in [4.69, 9.17) is 0 Å². The Morgan fingerprint density at radius 2 is 1.13 bits per heavy atom. The van der Waals surface area contributed by atoms with Crippen LogP contribution in [0.25, 0.3) is 0 Å². The predicted molar refractivity (Wildman–Crippen MR) is 132 cm³/mol. The van der Waals surface area contributed by atoms with E-state index in [-0.39, 0.29) is 0 Å². The second kappa shape index (κ2) is 10.7. The maximum absolute atomic E-state index is 2.36. The van der Waals surface area contributed by atoms with Gasteiger partial charge in [-0.1, -0.05) is 71.6 Å². The van der Waals surface area contributed by atoms with Gasteiger partial charge in [-0.25, -0.2) is 0 Å². The third-order valence-electron chi connectivity index (χ3n) is 11.2. The van der Waals surface area contributed by atoms with Gasteiger partial charge in [-0.3, -0.25) is 0 Å². The van der Waals surface area contributed by atoms with Gasteiger partial charge in [0.2, 0.25) is 0 Å². The monoisotopic (exact) mass is 414 g/mol. The van der Waals surface area contributed by atoms with Crippen LogP contribution in [0.1, 0.15) is 155 Å². The van der Waals surface area contributed by atoms with Crippen LogP contribution >= 0.6 is 0 Å². The summed E-state index contributed by atoms with van der Waals surface area (Å²) in [5.74, 6) is 4.40. The molecule has 0 N–H and O–H groups in total. The molecule has 5 saturated carbocycles. The van der Waals surface area contributed by atoms with Gasteiger partial charge in [0, 0.05) is 0 Å². The highest BCUT2D eigenvalue weighted by Gasteiger charge is 2.51. The van der Waals surface area contributed by atoms with Crippen molar-refractivity contribution in [3.63, 3.8) is 0 Å². The Hall–Kier alpha value is 0. The lowest BCUT2D eigenvalue weighted by Gasteiger charge is -2.58. The molecule has 0 aliphatic heterocycles. The van der Waals surface area contributed by atoms with Crippen LogP contribution in [-0.2, 0) is 0 Å². The smallest absolute Gasteiger partial charge is 0.0269 e.